The minimum atomic E-state index is -0.866. The second kappa shape index (κ2) is 9.35. The Morgan fingerprint density at radius 1 is 1.18 bits per heavy atom. The Morgan fingerprint density at radius 3 is 2.43 bits per heavy atom. The van der Waals surface area contributed by atoms with Gasteiger partial charge in [-0.25, -0.2) is 0 Å². The lowest BCUT2D eigenvalue weighted by Gasteiger charge is -2.39. The monoisotopic (exact) mass is 388 g/mol. The molecule has 28 heavy (non-hydrogen) atoms. The van der Waals surface area contributed by atoms with Crippen molar-refractivity contribution in [1.82, 2.24) is 0 Å². The molecule has 1 saturated heterocycles. The molecule has 0 aliphatic carbocycles. The number of cyclic esters (lactones) is 1. The third-order valence-corrected chi connectivity index (χ3v) is 4.96. The SMILES string of the molecule is CCC[C@@]1(CCc2ccccc2)CC(=O)C(CCC(=O)OC(C)(C)C)C(=O)O1. The summed E-state index contributed by atoms with van der Waals surface area (Å²) in [5, 5.41) is 0. The van der Waals surface area contributed by atoms with Crippen LogP contribution in [0.25, 0.3) is 0 Å². The number of ether oxygens (including phenoxy) is 2. The van der Waals surface area contributed by atoms with Gasteiger partial charge < -0.3 is 9.47 Å². The first-order valence-electron chi connectivity index (χ1n) is 10.2. The molecule has 0 aromatic heterocycles. The normalized spacial score (nSPS) is 22.6. The number of rotatable bonds is 8. The Balaban J connectivity index is 1.98. The van der Waals surface area contributed by atoms with Crippen molar-refractivity contribution < 1.29 is 23.9 Å². The van der Waals surface area contributed by atoms with E-state index < -0.39 is 29.1 Å². The van der Waals surface area contributed by atoms with Gasteiger partial charge in [-0.1, -0.05) is 43.7 Å². The Hall–Kier alpha value is -2.17. The van der Waals surface area contributed by atoms with Gasteiger partial charge in [-0.3, -0.25) is 14.4 Å². The van der Waals surface area contributed by atoms with Crippen molar-refractivity contribution in [2.75, 3.05) is 0 Å². The first-order valence-corrected chi connectivity index (χ1v) is 10.2. The van der Waals surface area contributed by atoms with Crippen LogP contribution in [0.1, 0.15) is 71.8 Å². The third kappa shape index (κ3) is 6.47. The summed E-state index contributed by atoms with van der Waals surface area (Å²) in [4.78, 5) is 37.3. The molecule has 5 heteroatoms. The average Bonchev–Trinajstić information content (AvgIpc) is 2.59. The zero-order valence-corrected chi connectivity index (χ0v) is 17.5. The number of hydrogen-bond acceptors (Lipinski definition) is 5. The molecular weight excluding hydrogens is 356 g/mol. The standard InChI is InChI=1S/C23H32O5/c1-5-14-23(15-13-17-9-7-6-8-10-17)16-19(24)18(21(26)28-23)11-12-20(25)27-22(2,3)4/h6-10,18H,5,11-16H2,1-4H3/t18?,23-/m1/s1. The lowest BCUT2D eigenvalue weighted by molar-refractivity contribution is -0.179. The fourth-order valence-electron chi connectivity index (χ4n) is 3.70. The Kier molecular flexibility index (Phi) is 7.39. The topological polar surface area (TPSA) is 69.7 Å². The summed E-state index contributed by atoms with van der Waals surface area (Å²) >= 11 is 0. The van der Waals surface area contributed by atoms with Gasteiger partial charge >= 0.3 is 11.9 Å². The molecule has 2 atom stereocenters. The Bertz CT molecular complexity index is 669. The van der Waals surface area contributed by atoms with Crippen LogP contribution in [0.2, 0.25) is 0 Å². The molecule has 0 bridgehead atoms. The number of Topliss-reactive ketones (excluding diaryl/α,β-unsaturated/α-hetero) is 1. The van der Waals surface area contributed by atoms with Gasteiger partial charge in [0.15, 0.2) is 5.78 Å². The van der Waals surface area contributed by atoms with Crippen LogP contribution in [0.4, 0.5) is 0 Å². The van der Waals surface area contributed by atoms with Crippen LogP contribution in [-0.2, 0) is 30.3 Å². The number of aryl methyl sites for hydroxylation is 1. The first kappa shape index (κ1) is 22.1. The van der Waals surface area contributed by atoms with E-state index in [1.807, 2.05) is 37.3 Å². The van der Waals surface area contributed by atoms with E-state index in [4.69, 9.17) is 9.47 Å². The van der Waals surface area contributed by atoms with Gasteiger partial charge in [0.1, 0.15) is 17.1 Å². The maximum Gasteiger partial charge on any atom is 0.317 e. The molecule has 0 saturated carbocycles. The van der Waals surface area contributed by atoms with E-state index in [9.17, 15) is 14.4 Å². The van der Waals surface area contributed by atoms with E-state index in [-0.39, 0.29) is 25.0 Å². The van der Waals surface area contributed by atoms with E-state index in [0.29, 0.717) is 12.8 Å². The van der Waals surface area contributed by atoms with Crippen LogP contribution < -0.4 is 0 Å². The summed E-state index contributed by atoms with van der Waals surface area (Å²) in [6.45, 7) is 7.39. The summed E-state index contributed by atoms with van der Waals surface area (Å²) in [5.74, 6) is -1.89. The van der Waals surface area contributed by atoms with Crippen molar-refractivity contribution >= 4 is 17.7 Å². The van der Waals surface area contributed by atoms with Crippen molar-refractivity contribution in [2.24, 2.45) is 5.92 Å². The van der Waals surface area contributed by atoms with Gasteiger partial charge in [0.05, 0.1) is 0 Å². The zero-order chi connectivity index (χ0) is 20.8. The molecule has 0 radical (unpaired) electrons. The zero-order valence-electron chi connectivity index (χ0n) is 17.5. The van der Waals surface area contributed by atoms with Gasteiger partial charge in [-0.15, -0.1) is 0 Å². The fraction of sp³-hybridized carbons (Fsp3) is 0.609. The summed E-state index contributed by atoms with van der Waals surface area (Å²) in [6.07, 6.45) is 3.28. The molecule has 1 unspecified atom stereocenters. The number of ketones is 1. The molecule has 1 aromatic rings. The molecule has 2 rings (SSSR count). The van der Waals surface area contributed by atoms with Crippen LogP contribution in [0.15, 0.2) is 30.3 Å². The van der Waals surface area contributed by atoms with Crippen LogP contribution in [0, 0.1) is 5.92 Å². The van der Waals surface area contributed by atoms with Gasteiger partial charge in [-0.05, 0) is 52.0 Å². The molecule has 1 aliphatic rings. The molecule has 5 nitrogen and oxygen atoms in total. The summed E-state index contributed by atoms with van der Waals surface area (Å²) < 4.78 is 11.1. The van der Waals surface area contributed by atoms with E-state index in [1.54, 1.807) is 20.8 Å². The van der Waals surface area contributed by atoms with Gasteiger partial charge in [0, 0.05) is 12.8 Å². The highest BCUT2D eigenvalue weighted by Gasteiger charge is 2.46. The largest absolute Gasteiger partial charge is 0.460 e. The molecule has 1 heterocycles. The lowest BCUT2D eigenvalue weighted by Crippen LogP contribution is -2.48. The van der Waals surface area contributed by atoms with Crippen LogP contribution >= 0.6 is 0 Å². The molecule has 1 fully saturated rings. The smallest absolute Gasteiger partial charge is 0.317 e. The molecular formula is C23H32O5. The Morgan fingerprint density at radius 2 is 1.86 bits per heavy atom. The first-order chi connectivity index (χ1) is 13.1. The second-order valence-corrected chi connectivity index (χ2v) is 8.66. The van der Waals surface area contributed by atoms with E-state index >= 15 is 0 Å². The third-order valence-electron chi connectivity index (χ3n) is 4.96. The molecule has 0 spiro atoms. The predicted octanol–water partition coefficient (Wildman–Crippen LogP) is 4.41. The molecule has 0 N–H and O–H groups in total. The average molecular weight is 389 g/mol. The minimum Gasteiger partial charge on any atom is -0.460 e. The van der Waals surface area contributed by atoms with E-state index in [2.05, 4.69) is 0 Å². The van der Waals surface area contributed by atoms with Crippen LogP contribution in [-0.4, -0.2) is 28.9 Å². The maximum atomic E-state index is 12.8. The fourth-order valence-corrected chi connectivity index (χ4v) is 3.70. The quantitative estimate of drug-likeness (QED) is 0.487. The van der Waals surface area contributed by atoms with Crippen LogP contribution in [0.5, 0.6) is 0 Å². The van der Waals surface area contributed by atoms with E-state index in [0.717, 1.165) is 18.4 Å². The minimum absolute atomic E-state index is 0.0353. The molecule has 1 aromatic carbocycles. The molecule has 1 aliphatic heterocycles. The predicted molar refractivity (Wildman–Crippen MR) is 107 cm³/mol. The number of hydrogen-bond donors (Lipinski definition) is 0. The maximum absolute atomic E-state index is 12.8. The highest BCUT2D eigenvalue weighted by Crippen LogP contribution is 2.36. The van der Waals surface area contributed by atoms with Crippen molar-refractivity contribution in [1.29, 1.82) is 0 Å². The van der Waals surface area contributed by atoms with Crippen LogP contribution in [0.3, 0.4) is 0 Å². The number of benzene rings is 1. The van der Waals surface area contributed by atoms with Gasteiger partial charge in [-0.2, -0.15) is 0 Å². The second-order valence-electron chi connectivity index (χ2n) is 8.66. The van der Waals surface area contributed by atoms with Crippen molar-refractivity contribution in [3.05, 3.63) is 35.9 Å². The highest BCUT2D eigenvalue weighted by molar-refractivity contribution is 6.01. The highest BCUT2D eigenvalue weighted by atomic mass is 16.6. The summed E-state index contributed by atoms with van der Waals surface area (Å²) in [6, 6.07) is 10.00. The summed E-state index contributed by atoms with van der Waals surface area (Å²) in [7, 11) is 0. The van der Waals surface area contributed by atoms with Crippen molar-refractivity contribution in [3.63, 3.8) is 0 Å². The van der Waals surface area contributed by atoms with Crippen molar-refractivity contribution in [3.8, 4) is 0 Å². The molecule has 154 valence electrons. The molecule has 0 amide bonds. The Labute approximate surface area is 167 Å². The van der Waals surface area contributed by atoms with Gasteiger partial charge in [0.2, 0.25) is 0 Å². The number of esters is 2. The lowest BCUT2D eigenvalue weighted by atomic mass is 9.79. The van der Waals surface area contributed by atoms with Gasteiger partial charge in [0.25, 0.3) is 0 Å². The summed E-state index contributed by atoms with van der Waals surface area (Å²) in [5.41, 5.74) is -0.156. The number of carbonyl (C=O) groups excluding carboxylic acids is 3. The number of carbonyl (C=O) groups is 3. The van der Waals surface area contributed by atoms with Crippen molar-refractivity contribution in [2.45, 2.75) is 83.8 Å². The van der Waals surface area contributed by atoms with E-state index in [1.165, 1.54) is 0 Å².